The van der Waals surface area contributed by atoms with Gasteiger partial charge in [0.2, 0.25) is 0 Å². The maximum absolute atomic E-state index is 6.19. The van der Waals surface area contributed by atoms with E-state index in [1.54, 1.807) is 0 Å². The summed E-state index contributed by atoms with van der Waals surface area (Å²) in [6, 6.07) is 0. The van der Waals surface area contributed by atoms with Crippen molar-refractivity contribution in [3.63, 3.8) is 0 Å². The summed E-state index contributed by atoms with van der Waals surface area (Å²) in [5, 5.41) is 3.72. The molecule has 2 rings (SSSR count). The molecule has 0 bridgehead atoms. The fourth-order valence-corrected chi connectivity index (χ4v) is 3.55. The van der Waals surface area contributed by atoms with E-state index in [-0.39, 0.29) is 16.7 Å². The molecule has 3 N–H and O–H groups in total. The second kappa shape index (κ2) is 4.77. The Morgan fingerprint density at radius 3 is 2.33 bits per heavy atom. The molecule has 1 saturated heterocycles. The van der Waals surface area contributed by atoms with Crippen molar-refractivity contribution in [1.29, 1.82) is 0 Å². The molecular weight excluding hydrogens is 224 g/mol. The first-order chi connectivity index (χ1) is 8.30. The number of nitrogens with two attached hydrogens (primary N) is 1. The molecule has 3 heteroatoms. The Bertz CT molecular complexity index is 297. The fraction of sp³-hybridized carbons (Fsp3) is 1.00. The zero-order valence-electron chi connectivity index (χ0n) is 12.5. The third-order valence-electron chi connectivity index (χ3n) is 4.71. The van der Waals surface area contributed by atoms with E-state index >= 15 is 0 Å². The van der Waals surface area contributed by atoms with Gasteiger partial charge in [-0.2, -0.15) is 0 Å². The molecule has 0 aromatic rings. The molecule has 0 amide bonds. The SMILES string of the molecule is CC1(C)CC(CN)(NCCCC2CC2)C(C)(C)O1. The molecule has 2 fully saturated rings. The topological polar surface area (TPSA) is 47.3 Å². The summed E-state index contributed by atoms with van der Waals surface area (Å²) in [6.07, 6.45) is 6.53. The van der Waals surface area contributed by atoms with Gasteiger partial charge in [0.25, 0.3) is 0 Å². The Hall–Kier alpha value is -0.120. The Balaban J connectivity index is 1.91. The summed E-state index contributed by atoms with van der Waals surface area (Å²) in [4.78, 5) is 0. The van der Waals surface area contributed by atoms with Crippen molar-refractivity contribution in [2.45, 2.75) is 76.5 Å². The molecule has 0 radical (unpaired) electrons. The van der Waals surface area contributed by atoms with Crippen LogP contribution in [0.15, 0.2) is 0 Å². The van der Waals surface area contributed by atoms with Crippen LogP contribution in [0.1, 0.15) is 59.8 Å². The zero-order valence-corrected chi connectivity index (χ0v) is 12.5. The molecule has 1 saturated carbocycles. The van der Waals surface area contributed by atoms with Crippen molar-refractivity contribution in [2.24, 2.45) is 11.7 Å². The lowest BCUT2D eigenvalue weighted by atomic mass is 9.79. The Morgan fingerprint density at radius 1 is 1.22 bits per heavy atom. The van der Waals surface area contributed by atoms with E-state index in [9.17, 15) is 0 Å². The number of hydrogen-bond donors (Lipinski definition) is 2. The number of nitrogens with one attached hydrogen (secondary N) is 1. The molecule has 106 valence electrons. The van der Waals surface area contributed by atoms with Gasteiger partial charge >= 0.3 is 0 Å². The van der Waals surface area contributed by atoms with E-state index in [0.29, 0.717) is 6.54 Å². The molecule has 0 aromatic carbocycles. The molecule has 1 atom stereocenters. The van der Waals surface area contributed by atoms with Gasteiger partial charge in [0.1, 0.15) is 0 Å². The summed E-state index contributed by atoms with van der Waals surface area (Å²) >= 11 is 0. The maximum atomic E-state index is 6.19. The average molecular weight is 254 g/mol. The van der Waals surface area contributed by atoms with Crippen molar-refractivity contribution in [1.82, 2.24) is 5.32 Å². The number of ether oxygens (including phenoxy) is 1. The molecule has 1 aliphatic carbocycles. The van der Waals surface area contributed by atoms with Gasteiger partial charge in [-0.15, -0.1) is 0 Å². The predicted molar refractivity (Wildman–Crippen MR) is 75.6 cm³/mol. The standard InChI is InChI=1S/C15H30N2O/c1-13(2)10-15(11-16,14(3,4)18-13)17-9-5-6-12-7-8-12/h12,17H,5-11,16H2,1-4H3. The first-order valence-corrected chi connectivity index (χ1v) is 7.46. The van der Waals surface area contributed by atoms with E-state index in [2.05, 4.69) is 33.0 Å². The molecule has 1 unspecified atom stereocenters. The summed E-state index contributed by atoms with van der Waals surface area (Å²) in [5.41, 5.74) is 5.74. The van der Waals surface area contributed by atoms with Gasteiger partial charge in [0.15, 0.2) is 0 Å². The third kappa shape index (κ3) is 2.89. The predicted octanol–water partition coefficient (Wildman–Crippen LogP) is 2.44. The lowest BCUT2D eigenvalue weighted by molar-refractivity contribution is -0.0820. The number of hydrogen-bond acceptors (Lipinski definition) is 3. The quantitative estimate of drug-likeness (QED) is 0.716. The van der Waals surface area contributed by atoms with Crippen LogP contribution < -0.4 is 11.1 Å². The first kappa shape index (κ1) is 14.3. The van der Waals surface area contributed by atoms with Crippen molar-refractivity contribution in [2.75, 3.05) is 13.1 Å². The maximum Gasteiger partial charge on any atom is 0.0827 e. The van der Waals surface area contributed by atoms with Crippen molar-refractivity contribution in [3.8, 4) is 0 Å². The van der Waals surface area contributed by atoms with E-state index < -0.39 is 0 Å². The molecule has 1 heterocycles. The Kier molecular flexibility index (Phi) is 3.79. The average Bonchev–Trinajstić information content (AvgIpc) is 3.01. The molecule has 0 aromatic heterocycles. The van der Waals surface area contributed by atoms with E-state index in [1.807, 2.05) is 0 Å². The smallest absolute Gasteiger partial charge is 0.0827 e. The molecule has 3 nitrogen and oxygen atoms in total. The van der Waals surface area contributed by atoms with Crippen LogP contribution >= 0.6 is 0 Å². The van der Waals surface area contributed by atoms with Crippen LogP contribution in [0, 0.1) is 5.92 Å². The molecular formula is C15H30N2O. The highest BCUT2D eigenvalue weighted by Crippen LogP contribution is 2.44. The Labute approximate surface area is 112 Å². The highest BCUT2D eigenvalue weighted by atomic mass is 16.5. The van der Waals surface area contributed by atoms with Crippen molar-refractivity contribution >= 4 is 0 Å². The second-order valence-corrected chi connectivity index (χ2v) is 7.35. The first-order valence-electron chi connectivity index (χ1n) is 7.46. The van der Waals surface area contributed by atoms with Gasteiger partial charge in [0, 0.05) is 6.54 Å². The fourth-order valence-electron chi connectivity index (χ4n) is 3.55. The van der Waals surface area contributed by atoms with E-state index in [1.165, 1.54) is 25.7 Å². The zero-order chi connectivity index (χ0) is 13.4. The van der Waals surface area contributed by atoms with Gasteiger partial charge in [-0.1, -0.05) is 12.8 Å². The van der Waals surface area contributed by atoms with Crippen molar-refractivity contribution in [3.05, 3.63) is 0 Å². The Morgan fingerprint density at radius 2 is 1.89 bits per heavy atom. The van der Waals surface area contributed by atoms with Gasteiger partial charge < -0.3 is 15.8 Å². The van der Waals surface area contributed by atoms with Crippen LogP contribution in [-0.2, 0) is 4.74 Å². The highest BCUT2D eigenvalue weighted by molar-refractivity contribution is 5.12. The number of rotatable bonds is 6. The molecule has 0 spiro atoms. The normalized spacial score (nSPS) is 33.8. The molecule has 1 aliphatic heterocycles. The minimum Gasteiger partial charge on any atom is -0.368 e. The highest BCUT2D eigenvalue weighted by Gasteiger charge is 2.56. The van der Waals surface area contributed by atoms with E-state index in [0.717, 1.165) is 18.9 Å². The second-order valence-electron chi connectivity index (χ2n) is 7.35. The summed E-state index contributed by atoms with van der Waals surface area (Å²) in [6.45, 7) is 10.4. The van der Waals surface area contributed by atoms with E-state index in [4.69, 9.17) is 10.5 Å². The van der Waals surface area contributed by atoms with Crippen LogP contribution in [0.5, 0.6) is 0 Å². The largest absolute Gasteiger partial charge is 0.368 e. The van der Waals surface area contributed by atoms with Gasteiger partial charge in [-0.05, 0) is 59.4 Å². The summed E-state index contributed by atoms with van der Waals surface area (Å²) < 4.78 is 6.19. The molecule has 2 aliphatic rings. The van der Waals surface area contributed by atoms with Gasteiger partial charge in [-0.25, -0.2) is 0 Å². The van der Waals surface area contributed by atoms with Crippen LogP contribution in [0.2, 0.25) is 0 Å². The summed E-state index contributed by atoms with van der Waals surface area (Å²) in [5.74, 6) is 1.02. The van der Waals surface area contributed by atoms with Crippen LogP contribution in [0.25, 0.3) is 0 Å². The third-order valence-corrected chi connectivity index (χ3v) is 4.71. The lowest BCUT2D eigenvalue weighted by Crippen LogP contribution is -2.62. The monoisotopic (exact) mass is 254 g/mol. The molecule has 18 heavy (non-hydrogen) atoms. The summed E-state index contributed by atoms with van der Waals surface area (Å²) in [7, 11) is 0. The van der Waals surface area contributed by atoms with Crippen LogP contribution in [-0.4, -0.2) is 29.8 Å². The lowest BCUT2D eigenvalue weighted by Gasteiger charge is -2.40. The minimum atomic E-state index is -0.190. The van der Waals surface area contributed by atoms with Crippen LogP contribution in [0.4, 0.5) is 0 Å². The van der Waals surface area contributed by atoms with Crippen molar-refractivity contribution < 1.29 is 4.74 Å². The van der Waals surface area contributed by atoms with Crippen LogP contribution in [0.3, 0.4) is 0 Å². The minimum absolute atomic E-state index is 0.0694. The van der Waals surface area contributed by atoms with Gasteiger partial charge in [-0.3, -0.25) is 0 Å². The van der Waals surface area contributed by atoms with Gasteiger partial charge in [0.05, 0.1) is 16.7 Å².